The fourth-order valence-electron chi connectivity index (χ4n) is 1.45. The van der Waals surface area contributed by atoms with E-state index < -0.39 is 7.04 Å². The van der Waals surface area contributed by atoms with E-state index in [1.807, 2.05) is 0 Å². The van der Waals surface area contributed by atoms with Crippen LogP contribution in [-0.2, 0) is 0 Å². The summed E-state index contributed by atoms with van der Waals surface area (Å²) in [6.45, 7) is 1.76. The van der Waals surface area contributed by atoms with Crippen molar-refractivity contribution in [3.05, 3.63) is 11.2 Å². The largest absolute Gasteiger partial charge is 0.480 e. The highest BCUT2D eigenvalue weighted by atomic mass is 35.5. The van der Waals surface area contributed by atoms with Crippen molar-refractivity contribution in [2.24, 2.45) is 0 Å². The van der Waals surface area contributed by atoms with Gasteiger partial charge in [-0.05, 0) is 13.0 Å². The Morgan fingerprint density at radius 3 is 3.31 bits per heavy atom. The van der Waals surface area contributed by atoms with Gasteiger partial charge < -0.3 is 15.4 Å². The fourth-order valence-corrected chi connectivity index (χ4v) is 1.58. The van der Waals surface area contributed by atoms with Crippen LogP contribution in [0.4, 0.5) is 5.95 Å². The third-order valence-electron chi connectivity index (χ3n) is 2.20. The molecule has 5 nitrogen and oxygen atoms in total. The molecule has 2 N–H and O–H groups in total. The molecule has 1 saturated heterocycles. The fraction of sp³-hybridized carbons (Fsp3) is 0.556. The summed E-state index contributed by atoms with van der Waals surface area (Å²) in [7, 11) is -2.58. The SMILES string of the molecule is Cl.[2H]C([2H])([2H])Oc1nc(N[C@@H]2CCNC2)ncc1Cl. The van der Waals surface area contributed by atoms with Gasteiger partial charge in [-0.3, -0.25) is 0 Å². The first-order valence-electron chi connectivity index (χ1n) is 6.13. The van der Waals surface area contributed by atoms with Gasteiger partial charge in [-0.2, -0.15) is 4.98 Å². The summed E-state index contributed by atoms with van der Waals surface area (Å²) in [4.78, 5) is 7.94. The molecule has 1 atom stereocenters. The maximum Gasteiger partial charge on any atom is 0.237 e. The highest BCUT2D eigenvalue weighted by Gasteiger charge is 2.15. The van der Waals surface area contributed by atoms with E-state index in [0.29, 0.717) is 5.95 Å². The van der Waals surface area contributed by atoms with Crippen LogP contribution in [0.1, 0.15) is 10.5 Å². The molecule has 2 rings (SSSR count). The highest BCUT2D eigenvalue weighted by Crippen LogP contribution is 2.21. The smallest absolute Gasteiger partial charge is 0.237 e. The minimum atomic E-state index is -2.58. The second-order valence-corrected chi connectivity index (χ2v) is 3.69. The number of nitrogens with zero attached hydrogens (tertiary/aromatic N) is 2. The van der Waals surface area contributed by atoms with Crippen molar-refractivity contribution in [2.45, 2.75) is 12.5 Å². The van der Waals surface area contributed by atoms with Gasteiger partial charge in [-0.1, -0.05) is 11.6 Å². The first-order chi connectivity index (χ1) is 8.44. The Morgan fingerprint density at radius 1 is 1.75 bits per heavy atom. The number of hydrogen-bond acceptors (Lipinski definition) is 5. The zero-order valence-electron chi connectivity index (χ0n) is 11.4. The molecule has 0 amide bonds. The third kappa shape index (κ3) is 3.10. The molecule has 0 radical (unpaired) electrons. The molecule has 7 heteroatoms. The lowest BCUT2D eigenvalue weighted by Crippen LogP contribution is -2.23. The van der Waals surface area contributed by atoms with E-state index in [1.54, 1.807) is 0 Å². The van der Waals surface area contributed by atoms with E-state index in [4.69, 9.17) is 20.5 Å². The van der Waals surface area contributed by atoms with Crippen LogP contribution in [0.25, 0.3) is 0 Å². The number of hydrogen-bond donors (Lipinski definition) is 2. The summed E-state index contributed by atoms with van der Waals surface area (Å²) in [6, 6.07) is 0.229. The Morgan fingerprint density at radius 2 is 2.62 bits per heavy atom. The van der Waals surface area contributed by atoms with Crippen LogP contribution in [0.3, 0.4) is 0 Å². The molecule has 1 aliphatic heterocycles. The predicted octanol–water partition coefficient (Wildman–Crippen LogP) is 1.33. The van der Waals surface area contributed by atoms with Crippen LogP contribution < -0.4 is 15.4 Å². The summed E-state index contributed by atoms with van der Waals surface area (Å²) in [5.41, 5.74) is 0. The molecule has 1 aliphatic rings. The third-order valence-corrected chi connectivity index (χ3v) is 2.46. The molecule has 0 aliphatic carbocycles. The van der Waals surface area contributed by atoms with E-state index in [0.717, 1.165) is 19.5 Å². The Hall–Kier alpha value is -0.780. The van der Waals surface area contributed by atoms with E-state index in [-0.39, 0.29) is 29.4 Å². The summed E-state index contributed by atoms with van der Waals surface area (Å²) in [5.74, 6) is 0.174. The lowest BCUT2D eigenvalue weighted by molar-refractivity contribution is 0.397. The summed E-state index contributed by atoms with van der Waals surface area (Å²) in [5, 5.41) is 6.35. The minimum Gasteiger partial charge on any atom is -0.480 e. The standard InChI is InChI=1S/C9H13ClN4O.ClH/c1-15-8-7(10)5-12-9(14-8)13-6-2-3-11-4-6;/h5-6,11H,2-4H2,1H3,(H,12,13,14);1H/t6-;/m1./s1/i1D3;. The molecular formula is C9H14Cl2N4O. The topological polar surface area (TPSA) is 59.1 Å². The number of ether oxygens (including phenoxy) is 1. The lowest BCUT2D eigenvalue weighted by atomic mass is 10.3. The van der Waals surface area contributed by atoms with Gasteiger partial charge in [0.1, 0.15) is 5.02 Å². The Labute approximate surface area is 110 Å². The lowest BCUT2D eigenvalue weighted by Gasteiger charge is -2.11. The first kappa shape index (κ1) is 9.27. The van der Waals surface area contributed by atoms with E-state index in [2.05, 4.69) is 20.6 Å². The van der Waals surface area contributed by atoms with E-state index in [1.165, 1.54) is 6.20 Å². The Bertz CT molecular complexity index is 426. The van der Waals surface area contributed by atoms with E-state index >= 15 is 0 Å². The van der Waals surface area contributed by atoms with Crippen molar-refractivity contribution in [1.82, 2.24) is 15.3 Å². The van der Waals surface area contributed by atoms with Crippen LogP contribution in [0.2, 0.25) is 5.02 Å². The number of rotatable bonds is 3. The van der Waals surface area contributed by atoms with Crippen LogP contribution >= 0.6 is 24.0 Å². The predicted molar refractivity (Wildman–Crippen MR) is 65.7 cm³/mol. The molecule has 0 aromatic carbocycles. The molecule has 0 bridgehead atoms. The van der Waals surface area contributed by atoms with Crippen molar-refractivity contribution in [3.8, 4) is 5.88 Å². The quantitative estimate of drug-likeness (QED) is 0.866. The van der Waals surface area contributed by atoms with Crippen molar-refractivity contribution in [1.29, 1.82) is 0 Å². The maximum atomic E-state index is 7.02. The Balaban J connectivity index is 0.00000180. The monoisotopic (exact) mass is 267 g/mol. The molecule has 0 saturated carbocycles. The second-order valence-electron chi connectivity index (χ2n) is 3.28. The molecule has 0 unspecified atom stereocenters. The number of halogens is 2. The maximum absolute atomic E-state index is 7.02. The van der Waals surface area contributed by atoms with Crippen molar-refractivity contribution in [2.75, 3.05) is 25.4 Å². The normalized spacial score (nSPS) is 22.6. The molecular weight excluding hydrogens is 251 g/mol. The molecule has 2 heterocycles. The first-order valence-corrected chi connectivity index (χ1v) is 5.01. The van der Waals surface area contributed by atoms with Crippen LogP contribution in [0.5, 0.6) is 5.88 Å². The van der Waals surface area contributed by atoms with Gasteiger partial charge in [0.2, 0.25) is 11.8 Å². The van der Waals surface area contributed by atoms with Crippen LogP contribution in [-0.4, -0.2) is 36.1 Å². The van der Waals surface area contributed by atoms with Crippen LogP contribution in [0.15, 0.2) is 6.20 Å². The van der Waals surface area contributed by atoms with E-state index in [9.17, 15) is 0 Å². The molecule has 1 fully saturated rings. The van der Waals surface area contributed by atoms with Crippen molar-refractivity contribution < 1.29 is 8.85 Å². The molecule has 16 heavy (non-hydrogen) atoms. The minimum absolute atomic E-state index is 0. The van der Waals surface area contributed by atoms with Crippen LogP contribution in [0, 0.1) is 0 Å². The number of anilines is 1. The molecule has 1 aromatic heterocycles. The summed E-state index contributed by atoms with van der Waals surface area (Å²) < 4.78 is 25.8. The molecule has 90 valence electrons. The van der Waals surface area contributed by atoms with Crippen molar-refractivity contribution in [3.63, 3.8) is 0 Å². The molecule has 1 aromatic rings. The highest BCUT2D eigenvalue weighted by molar-refractivity contribution is 6.31. The number of aromatic nitrogens is 2. The number of methoxy groups -OCH3 is 1. The summed E-state index contributed by atoms with van der Waals surface area (Å²) >= 11 is 5.78. The van der Waals surface area contributed by atoms with Gasteiger partial charge in [-0.25, -0.2) is 4.98 Å². The summed E-state index contributed by atoms with van der Waals surface area (Å²) in [6.07, 6.45) is 2.28. The van der Waals surface area contributed by atoms with Gasteiger partial charge in [0.15, 0.2) is 0 Å². The average Bonchev–Trinajstić information content (AvgIpc) is 2.74. The Kier molecular flexibility index (Phi) is 3.52. The number of nitrogens with one attached hydrogen (secondary N) is 2. The van der Waals surface area contributed by atoms with Gasteiger partial charge >= 0.3 is 0 Å². The van der Waals surface area contributed by atoms with Gasteiger partial charge in [0, 0.05) is 12.6 Å². The second kappa shape index (κ2) is 6.08. The van der Waals surface area contributed by atoms with Crippen molar-refractivity contribution >= 4 is 30.0 Å². The van der Waals surface area contributed by atoms with Gasteiger partial charge in [0.25, 0.3) is 0 Å². The zero-order valence-corrected chi connectivity index (χ0v) is 9.94. The zero-order chi connectivity index (χ0) is 13.2. The molecule has 0 spiro atoms. The van der Waals surface area contributed by atoms with Gasteiger partial charge in [0.05, 0.1) is 17.3 Å². The average molecular weight is 268 g/mol. The van der Waals surface area contributed by atoms with Gasteiger partial charge in [-0.15, -0.1) is 12.4 Å².